The van der Waals surface area contributed by atoms with Crippen molar-refractivity contribution in [2.24, 2.45) is 0 Å². The summed E-state index contributed by atoms with van der Waals surface area (Å²) in [5.74, 6) is -1.79. The number of hydrogen-bond donors (Lipinski definition) is 2. The first-order chi connectivity index (χ1) is 15.0. The van der Waals surface area contributed by atoms with E-state index < -0.39 is 29.7 Å². The lowest BCUT2D eigenvalue weighted by atomic mass is 9.91. The number of para-hydroxylation sites is 1. The topological polar surface area (TPSA) is 119 Å². The van der Waals surface area contributed by atoms with Crippen LogP contribution in [0.2, 0.25) is 0 Å². The van der Waals surface area contributed by atoms with E-state index in [1.165, 1.54) is 0 Å². The molecule has 1 unspecified atom stereocenters. The minimum atomic E-state index is -0.877. The SMILES string of the molecule is CCOC(=O)CC(c1ccccc1OCc1ccccn1)c1oc(CO)cc(=O)c1O. The van der Waals surface area contributed by atoms with Crippen molar-refractivity contribution >= 4 is 5.97 Å². The average molecular weight is 425 g/mol. The molecule has 0 radical (unpaired) electrons. The Morgan fingerprint density at radius 1 is 1.19 bits per heavy atom. The molecule has 0 amide bonds. The van der Waals surface area contributed by atoms with Crippen molar-refractivity contribution in [3.05, 3.63) is 87.7 Å². The number of benzene rings is 1. The Morgan fingerprint density at radius 3 is 2.68 bits per heavy atom. The van der Waals surface area contributed by atoms with Gasteiger partial charge in [0.1, 0.15) is 24.7 Å². The van der Waals surface area contributed by atoms with E-state index >= 15 is 0 Å². The number of carbonyl (C=O) groups is 1. The van der Waals surface area contributed by atoms with Crippen LogP contribution in [0.4, 0.5) is 0 Å². The maximum Gasteiger partial charge on any atom is 0.306 e. The number of hydrogen-bond acceptors (Lipinski definition) is 8. The molecule has 2 heterocycles. The van der Waals surface area contributed by atoms with Gasteiger partial charge in [0.25, 0.3) is 0 Å². The fourth-order valence-corrected chi connectivity index (χ4v) is 3.13. The van der Waals surface area contributed by atoms with Gasteiger partial charge in [0.15, 0.2) is 5.76 Å². The number of aliphatic hydroxyl groups excluding tert-OH is 1. The maximum absolute atomic E-state index is 12.3. The first kappa shape index (κ1) is 22.0. The number of aromatic nitrogens is 1. The summed E-state index contributed by atoms with van der Waals surface area (Å²) in [6.07, 6.45) is 1.45. The Morgan fingerprint density at radius 2 is 1.97 bits per heavy atom. The van der Waals surface area contributed by atoms with Crippen LogP contribution in [0.15, 0.2) is 63.9 Å². The zero-order valence-electron chi connectivity index (χ0n) is 17.0. The van der Waals surface area contributed by atoms with Gasteiger partial charge in [-0.1, -0.05) is 24.3 Å². The Balaban J connectivity index is 2.04. The number of nitrogens with zero attached hydrogens (tertiary/aromatic N) is 1. The standard InChI is InChI=1S/C23H23NO7/c1-2-29-21(27)12-18(23-22(28)19(26)11-16(13-25)31-23)17-8-3-4-9-20(17)30-14-15-7-5-6-10-24-15/h3-11,18,25,28H,2,12-14H2,1H3. The second-order valence-corrected chi connectivity index (χ2v) is 6.66. The van der Waals surface area contributed by atoms with E-state index in [0.717, 1.165) is 6.07 Å². The highest BCUT2D eigenvalue weighted by molar-refractivity contribution is 5.71. The van der Waals surface area contributed by atoms with Crippen LogP contribution in [-0.4, -0.2) is 27.8 Å². The molecule has 0 aliphatic heterocycles. The van der Waals surface area contributed by atoms with Crippen LogP contribution in [0, 0.1) is 0 Å². The molecule has 2 aromatic heterocycles. The van der Waals surface area contributed by atoms with Crippen LogP contribution >= 0.6 is 0 Å². The number of ether oxygens (including phenoxy) is 2. The van der Waals surface area contributed by atoms with Crippen LogP contribution in [0.5, 0.6) is 11.5 Å². The Hall–Kier alpha value is -3.65. The predicted octanol–water partition coefficient (Wildman–Crippen LogP) is 2.90. The first-order valence-electron chi connectivity index (χ1n) is 9.77. The smallest absolute Gasteiger partial charge is 0.306 e. The lowest BCUT2D eigenvalue weighted by Crippen LogP contribution is -2.16. The Labute approximate surface area is 178 Å². The van der Waals surface area contributed by atoms with Crippen molar-refractivity contribution in [2.75, 3.05) is 6.61 Å². The molecule has 0 fully saturated rings. The van der Waals surface area contributed by atoms with Crippen LogP contribution < -0.4 is 10.2 Å². The number of aliphatic hydroxyl groups is 1. The highest BCUT2D eigenvalue weighted by Crippen LogP contribution is 2.38. The molecule has 8 nitrogen and oxygen atoms in total. The van der Waals surface area contributed by atoms with Crippen molar-refractivity contribution < 1.29 is 28.9 Å². The predicted molar refractivity (Wildman–Crippen MR) is 111 cm³/mol. The van der Waals surface area contributed by atoms with E-state index in [4.69, 9.17) is 13.9 Å². The van der Waals surface area contributed by atoms with Gasteiger partial charge < -0.3 is 24.1 Å². The molecule has 0 aliphatic rings. The summed E-state index contributed by atoms with van der Waals surface area (Å²) in [5.41, 5.74) is 0.502. The van der Waals surface area contributed by atoms with Crippen molar-refractivity contribution in [3.8, 4) is 11.5 Å². The molecule has 8 heteroatoms. The van der Waals surface area contributed by atoms with E-state index in [9.17, 15) is 19.8 Å². The molecule has 31 heavy (non-hydrogen) atoms. The molecule has 0 aliphatic carbocycles. The minimum absolute atomic E-state index is 0.0291. The van der Waals surface area contributed by atoms with Gasteiger partial charge in [-0.05, 0) is 25.1 Å². The van der Waals surface area contributed by atoms with Crippen molar-refractivity contribution in [1.29, 1.82) is 0 Å². The Bertz CT molecular complexity index is 1080. The van der Waals surface area contributed by atoms with Gasteiger partial charge in [0.2, 0.25) is 11.2 Å². The molecule has 162 valence electrons. The van der Waals surface area contributed by atoms with E-state index in [1.807, 2.05) is 12.1 Å². The van der Waals surface area contributed by atoms with Gasteiger partial charge in [-0.2, -0.15) is 0 Å². The Kier molecular flexibility index (Phi) is 7.40. The number of carbonyl (C=O) groups excluding carboxylic acids is 1. The normalized spacial score (nSPS) is 11.7. The van der Waals surface area contributed by atoms with Crippen molar-refractivity contribution in [3.63, 3.8) is 0 Å². The van der Waals surface area contributed by atoms with Gasteiger partial charge in [0, 0.05) is 17.8 Å². The second-order valence-electron chi connectivity index (χ2n) is 6.66. The largest absolute Gasteiger partial charge is 0.502 e. The van der Waals surface area contributed by atoms with Gasteiger partial charge in [0.05, 0.1) is 24.6 Å². The first-order valence-corrected chi connectivity index (χ1v) is 9.77. The third-order valence-electron chi connectivity index (χ3n) is 4.54. The molecular weight excluding hydrogens is 402 g/mol. The number of aromatic hydroxyl groups is 1. The monoisotopic (exact) mass is 425 g/mol. The average Bonchev–Trinajstić information content (AvgIpc) is 2.79. The van der Waals surface area contributed by atoms with Crippen LogP contribution in [0.25, 0.3) is 0 Å². The quantitative estimate of drug-likeness (QED) is 0.502. The molecule has 0 saturated heterocycles. The van der Waals surface area contributed by atoms with Crippen LogP contribution in [0.1, 0.15) is 42.0 Å². The number of rotatable bonds is 9. The van der Waals surface area contributed by atoms with E-state index in [0.29, 0.717) is 17.0 Å². The van der Waals surface area contributed by atoms with Crippen molar-refractivity contribution in [1.82, 2.24) is 4.98 Å². The van der Waals surface area contributed by atoms with E-state index in [-0.39, 0.29) is 31.2 Å². The molecule has 3 rings (SSSR count). The second kappa shape index (κ2) is 10.4. The fourth-order valence-electron chi connectivity index (χ4n) is 3.13. The van der Waals surface area contributed by atoms with E-state index in [1.54, 1.807) is 43.5 Å². The van der Waals surface area contributed by atoms with Gasteiger partial charge in [-0.25, -0.2) is 0 Å². The zero-order chi connectivity index (χ0) is 22.2. The molecule has 1 atom stereocenters. The van der Waals surface area contributed by atoms with Gasteiger partial charge >= 0.3 is 5.97 Å². The van der Waals surface area contributed by atoms with E-state index in [2.05, 4.69) is 4.98 Å². The highest BCUT2D eigenvalue weighted by Gasteiger charge is 2.29. The molecule has 2 N–H and O–H groups in total. The summed E-state index contributed by atoms with van der Waals surface area (Å²) in [7, 11) is 0. The molecule has 0 bridgehead atoms. The van der Waals surface area contributed by atoms with Crippen LogP contribution in [-0.2, 0) is 22.7 Å². The molecular formula is C23H23NO7. The minimum Gasteiger partial charge on any atom is -0.502 e. The van der Waals surface area contributed by atoms with Crippen LogP contribution in [0.3, 0.4) is 0 Å². The summed E-state index contributed by atoms with van der Waals surface area (Å²) in [4.78, 5) is 28.7. The molecule has 0 saturated carbocycles. The molecule has 0 spiro atoms. The third-order valence-corrected chi connectivity index (χ3v) is 4.54. The summed E-state index contributed by atoms with van der Waals surface area (Å²) in [6.45, 7) is 1.50. The lowest BCUT2D eigenvalue weighted by Gasteiger charge is -2.20. The summed E-state index contributed by atoms with van der Waals surface area (Å²) < 4.78 is 16.6. The summed E-state index contributed by atoms with van der Waals surface area (Å²) in [6, 6.07) is 13.4. The van der Waals surface area contributed by atoms with Crippen molar-refractivity contribution in [2.45, 2.75) is 32.5 Å². The summed E-state index contributed by atoms with van der Waals surface area (Å²) in [5, 5.41) is 19.8. The highest BCUT2D eigenvalue weighted by atomic mass is 16.5. The zero-order valence-corrected chi connectivity index (χ0v) is 17.0. The molecule has 3 aromatic rings. The lowest BCUT2D eigenvalue weighted by molar-refractivity contribution is -0.143. The maximum atomic E-state index is 12.3. The van der Waals surface area contributed by atoms with Gasteiger partial charge in [-0.15, -0.1) is 0 Å². The fraction of sp³-hybridized carbons (Fsp3) is 0.261. The molecule has 1 aromatic carbocycles. The summed E-state index contributed by atoms with van der Waals surface area (Å²) >= 11 is 0. The number of pyridine rings is 1. The third kappa shape index (κ3) is 5.49. The number of esters is 1. The van der Waals surface area contributed by atoms with Gasteiger partial charge in [-0.3, -0.25) is 14.6 Å².